The molecular weight excluding hydrogens is 507 g/mol. The first-order valence-electron chi connectivity index (χ1n) is 11.2. The van der Waals surface area contributed by atoms with Crippen LogP contribution in [-0.4, -0.2) is 61.2 Å². The summed E-state index contributed by atoms with van der Waals surface area (Å²) in [5, 5.41) is 16.6. The Hall–Kier alpha value is -1.71. The van der Waals surface area contributed by atoms with E-state index in [9.17, 15) is 9.90 Å². The molecule has 1 aromatic rings. The Balaban J connectivity index is 0.00000480. The summed E-state index contributed by atoms with van der Waals surface area (Å²) in [5.41, 5.74) is 1.07. The van der Waals surface area contributed by atoms with E-state index in [1.165, 1.54) is 0 Å². The molecule has 3 N–H and O–H groups in total. The number of hydrogen-bond acceptors (Lipinski definition) is 4. The van der Waals surface area contributed by atoms with Crippen molar-refractivity contribution in [3.8, 4) is 11.5 Å². The molecule has 1 fully saturated rings. The van der Waals surface area contributed by atoms with Crippen molar-refractivity contribution < 1.29 is 14.6 Å². The van der Waals surface area contributed by atoms with E-state index in [1.54, 1.807) is 13.2 Å². The lowest BCUT2D eigenvalue weighted by molar-refractivity contribution is -0.136. The third-order valence-corrected chi connectivity index (χ3v) is 5.74. The third-order valence-electron chi connectivity index (χ3n) is 5.74. The number of hydrogen-bond donors (Lipinski definition) is 3. The molecule has 1 saturated heterocycles. The van der Waals surface area contributed by atoms with Crippen LogP contribution in [0, 0.1) is 5.92 Å². The molecule has 1 aliphatic rings. The van der Waals surface area contributed by atoms with Crippen molar-refractivity contribution >= 4 is 35.8 Å². The molecule has 1 aliphatic heterocycles. The number of ether oxygens (including phenoxy) is 1. The van der Waals surface area contributed by atoms with Gasteiger partial charge in [0.2, 0.25) is 5.91 Å². The van der Waals surface area contributed by atoms with Gasteiger partial charge in [-0.2, -0.15) is 0 Å². The van der Waals surface area contributed by atoms with Gasteiger partial charge in [-0.15, -0.1) is 24.0 Å². The van der Waals surface area contributed by atoms with Crippen LogP contribution in [0.4, 0.5) is 0 Å². The summed E-state index contributed by atoms with van der Waals surface area (Å²) in [6, 6.07) is 5.71. The van der Waals surface area contributed by atoms with E-state index >= 15 is 0 Å². The Bertz CT molecular complexity index is 702. The highest BCUT2D eigenvalue weighted by Gasteiger charge is 2.26. The topological polar surface area (TPSA) is 86.2 Å². The predicted molar refractivity (Wildman–Crippen MR) is 137 cm³/mol. The maximum absolute atomic E-state index is 12.6. The molecule has 31 heavy (non-hydrogen) atoms. The Morgan fingerprint density at radius 1 is 1.26 bits per heavy atom. The number of carbonyl (C=O) groups is 1. The number of phenolic OH excluding ortho intramolecular Hbond substituents is 1. The van der Waals surface area contributed by atoms with E-state index in [1.807, 2.05) is 17.0 Å². The average Bonchev–Trinajstić information content (AvgIpc) is 2.76. The summed E-state index contributed by atoms with van der Waals surface area (Å²) in [6.45, 7) is 9.28. The lowest BCUT2D eigenvalue weighted by Crippen LogP contribution is -2.50. The minimum Gasteiger partial charge on any atom is -0.504 e. The van der Waals surface area contributed by atoms with E-state index in [0.717, 1.165) is 63.3 Å². The third kappa shape index (κ3) is 8.38. The summed E-state index contributed by atoms with van der Waals surface area (Å²) in [6.07, 6.45) is 4.46. The molecule has 0 saturated carbocycles. The number of guanidine groups is 1. The number of amides is 1. The number of rotatable bonds is 9. The Kier molecular flexibility index (Phi) is 12.7. The number of methoxy groups -OCH3 is 1. The zero-order valence-corrected chi connectivity index (χ0v) is 21.6. The Morgan fingerprint density at radius 3 is 2.52 bits per heavy atom. The van der Waals surface area contributed by atoms with Gasteiger partial charge < -0.3 is 25.4 Å². The van der Waals surface area contributed by atoms with Gasteiger partial charge in [0, 0.05) is 38.1 Å². The van der Waals surface area contributed by atoms with Gasteiger partial charge in [0.15, 0.2) is 17.5 Å². The van der Waals surface area contributed by atoms with Gasteiger partial charge in [0.05, 0.1) is 7.11 Å². The maximum atomic E-state index is 12.6. The molecule has 0 spiro atoms. The lowest BCUT2D eigenvalue weighted by atomic mass is 9.98. The van der Waals surface area contributed by atoms with Crippen LogP contribution in [0.25, 0.3) is 0 Å². The lowest BCUT2D eigenvalue weighted by Gasteiger charge is -2.34. The summed E-state index contributed by atoms with van der Waals surface area (Å²) in [4.78, 5) is 19.3. The standard InChI is InChI=1S/C23H38N4O3.HI/c1-5-18(6-2)22(29)27-14-11-19(12-15-27)26-23(24-7-3)25-13-10-17-8-9-20(28)21(16-17)30-4;/h8-9,16,18-19,28H,5-7,10-15H2,1-4H3,(H2,24,25,26);1H. The minimum absolute atomic E-state index is 0. The second kappa shape index (κ2) is 14.4. The van der Waals surface area contributed by atoms with Gasteiger partial charge >= 0.3 is 0 Å². The number of aliphatic imine (C=N–C) groups is 1. The zero-order valence-electron chi connectivity index (χ0n) is 19.3. The van der Waals surface area contributed by atoms with E-state index in [0.29, 0.717) is 24.2 Å². The summed E-state index contributed by atoms with van der Waals surface area (Å²) in [5.74, 6) is 1.91. The van der Waals surface area contributed by atoms with Crippen molar-refractivity contribution in [1.29, 1.82) is 0 Å². The Labute approximate surface area is 204 Å². The zero-order chi connectivity index (χ0) is 21.9. The number of halogens is 1. The van der Waals surface area contributed by atoms with Crippen molar-refractivity contribution in [2.75, 3.05) is 33.3 Å². The molecule has 0 radical (unpaired) electrons. The average molecular weight is 546 g/mol. The number of aromatic hydroxyl groups is 1. The number of nitrogens with zero attached hydrogens (tertiary/aromatic N) is 2. The van der Waals surface area contributed by atoms with Crippen LogP contribution in [0.3, 0.4) is 0 Å². The number of likely N-dealkylation sites (tertiary alicyclic amines) is 1. The van der Waals surface area contributed by atoms with E-state index in [-0.39, 0.29) is 35.6 Å². The molecule has 1 heterocycles. The van der Waals surface area contributed by atoms with Gasteiger partial charge in [0.25, 0.3) is 0 Å². The quantitative estimate of drug-likeness (QED) is 0.251. The van der Waals surface area contributed by atoms with Crippen LogP contribution < -0.4 is 15.4 Å². The molecule has 0 atom stereocenters. The van der Waals surface area contributed by atoms with Gasteiger partial charge in [0.1, 0.15) is 0 Å². The van der Waals surface area contributed by atoms with Crippen LogP contribution >= 0.6 is 24.0 Å². The first kappa shape index (κ1) is 27.3. The monoisotopic (exact) mass is 546 g/mol. The van der Waals surface area contributed by atoms with Crippen molar-refractivity contribution in [3.63, 3.8) is 0 Å². The molecule has 176 valence electrons. The molecule has 0 unspecified atom stereocenters. The number of carbonyl (C=O) groups excluding carboxylic acids is 1. The van der Waals surface area contributed by atoms with Crippen LogP contribution in [-0.2, 0) is 11.2 Å². The molecule has 1 amide bonds. The van der Waals surface area contributed by atoms with Gasteiger partial charge in [-0.25, -0.2) is 0 Å². The number of phenols is 1. The van der Waals surface area contributed by atoms with Crippen molar-refractivity contribution in [3.05, 3.63) is 23.8 Å². The normalized spacial score (nSPS) is 14.9. The largest absolute Gasteiger partial charge is 0.504 e. The van der Waals surface area contributed by atoms with E-state index in [2.05, 4.69) is 31.4 Å². The maximum Gasteiger partial charge on any atom is 0.225 e. The highest BCUT2D eigenvalue weighted by Crippen LogP contribution is 2.26. The molecule has 0 aromatic heterocycles. The summed E-state index contributed by atoms with van der Waals surface area (Å²) in [7, 11) is 1.55. The Morgan fingerprint density at radius 2 is 1.94 bits per heavy atom. The van der Waals surface area contributed by atoms with Gasteiger partial charge in [-0.3, -0.25) is 9.79 Å². The van der Waals surface area contributed by atoms with E-state index in [4.69, 9.17) is 9.73 Å². The molecule has 1 aromatic carbocycles. The molecule has 0 bridgehead atoms. The fourth-order valence-corrected chi connectivity index (χ4v) is 3.83. The molecule has 7 nitrogen and oxygen atoms in total. The van der Waals surface area contributed by atoms with E-state index < -0.39 is 0 Å². The van der Waals surface area contributed by atoms with Crippen molar-refractivity contribution in [2.45, 2.75) is 58.9 Å². The first-order chi connectivity index (χ1) is 14.5. The molecular formula is C23H39IN4O3. The van der Waals surface area contributed by atoms with Crippen LogP contribution in [0.1, 0.15) is 52.0 Å². The number of nitrogens with one attached hydrogen (secondary N) is 2. The molecule has 2 rings (SSSR count). The minimum atomic E-state index is 0. The SMILES string of the molecule is CCNC(=NCCc1ccc(O)c(OC)c1)NC1CCN(C(=O)C(CC)CC)CC1.I. The first-order valence-corrected chi connectivity index (χ1v) is 11.2. The fourth-order valence-electron chi connectivity index (χ4n) is 3.83. The van der Waals surface area contributed by atoms with Crippen molar-refractivity contribution in [1.82, 2.24) is 15.5 Å². The second-order valence-corrected chi connectivity index (χ2v) is 7.77. The fraction of sp³-hybridized carbons (Fsp3) is 0.652. The van der Waals surface area contributed by atoms with Gasteiger partial charge in [-0.1, -0.05) is 19.9 Å². The van der Waals surface area contributed by atoms with Crippen LogP contribution in [0.5, 0.6) is 11.5 Å². The smallest absolute Gasteiger partial charge is 0.225 e. The highest BCUT2D eigenvalue weighted by molar-refractivity contribution is 14.0. The molecule has 8 heteroatoms. The summed E-state index contributed by atoms with van der Waals surface area (Å²) < 4.78 is 5.17. The highest BCUT2D eigenvalue weighted by atomic mass is 127. The van der Waals surface area contributed by atoms with Gasteiger partial charge in [-0.05, 0) is 56.7 Å². The number of piperidine rings is 1. The van der Waals surface area contributed by atoms with Crippen molar-refractivity contribution in [2.24, 2.45) is 10.9 Å². The van der Waals surface area contributed by atoms with Crippen LogP contribution in [0.2, 0.25) is 0 Å². The second-order valence-electron chi connectivity index (χ2n) is 7.77. The number of benzene rings is 1. The molecule has 0 aliphatic carbocycles. The summed E-state index contributed by atoms with van der Waals surface area (Å²) >= 11 is 0. The predicted octanol–water partition coefficient (Wildman–Crippen LogP) is 3.54. The van der Waals surface area contributed by atoms with Crippen LogP contribution in [0.15, 0.2) is 23.2 Å².